The van der Waals surface area contributed by atoms with E-state index >= 15 is 0 Å². The second-order valence-corrected chi connectivity index (χ2v) is 8.40. The molecule has 3 heterocycles. The van der Waals surface area contributed by atoms with Gasteiger partial charge in [0.25, 0.3) is 5.91 Å². The number of carbonyl (C=O) groups excluding carboxylic acids is 1. The van der Waals surface area contributed by atoms with Crippen LogP contribution in [0.4, 0.5) is 0 Å². The van der Waals surface area contributed by atoms with Crippen LogP contribution in [0.15, 0.2) is 42.5 Å². The van der Waals surface area contributed by atoms with Crippen molar-refractivity contribution in [1.29, 1.82) is 0 Å². The number of rotatable bonds is 4. The number of aryl methyl sites for hydroxylation is 1. The lowest BCUT2D eigenvalue weighted by molar-refractivity contribution is 0.0588. The number of para-hydroxylation sites is 1. The monoisotopic (exact) mass is 429 g/mol. The van der Waals surface area contributed by atoms with Crippen molar-refractivity contribution >= 4 is 18.3 Å². The van der Waals surface area contributed by atoms with Crippen molar-refractivity contribution in [2.75, 3.05) is 33.2 Å². The fraction of sp³-hybridized carbons (Fsp3) is 0.500. The Labute approximate surface area is 185 Å². The van der Waals surface area contributed by atoms with Crippen LogP contribution in [0.5, 0.6) is 5.75 Å². The van der Waals surface area contributed by atoms with Gasteiger partial charge in [-0.2, -0.15) is 0 Å². The molecule has 1 aromatic heterocycles. The van der Waals surface area contributed by atoms with Crippen molar-refractivity contribution in [3.8, 4) is 5.75 Å². The number of aromatic nitrogens is 1. The van der Waals surface area contributed by atoms with Gasteiger partial charge in [-0.1, -0.05) is 24.3 Å². The summed E-state index contributed by atoms with van der Waals surface area (Å²) in [6.45, 7) is 5.69. The molecule has 0 bridgehead atoms. The van der Waals surface area contributed by atoms with Gasteiger partial charge in [0.2, 0.25) is 0 Å². The topological polar surface area (TPSA) is 45.7 Å². The number of benzene rings is 1. The van der Waals surface area contributed by atoms with E-state index < -0.39 is 0 Å². The highest BCUT2D eigenvalue weighted by molar-refractivity contribution is 5.92. The maximum atomic E-state index is 13.0. The molecule has 6 heteroatoms. The van der Waals surface area contributed by atoms with Crippen LogP contribution in [-0.2, 0) is 0 Å². The number of likely N-dealkylation sites (tertiary alicyclic amines) is 2. The van der Waals surface area contributed by atoms with Gasteiger partial charge in [-0.3, -0.25) is 4.79 Å². The minimum atomic E-state index is 0. The van der Waals surface area contributed by atoms with Gasteiger partial charge < -0.3 is 14.5 Å². The van der Waals surface area contributed by atoms with Gasteiger partial charge in [0, 0.05) is 37.5 Å². The summed E-state index contributed by atoms with van der Waals surface area (Å²) in [7, 11) is 2.16. The molecule has 5 nitrogen and oxygen atoms in total. The Morgan fingerprint density at radius 3 is 2.37 bits per heavy atom. The molecule has 0 unspecified atom stereocenters. The van der Waals surface area contributed by atoms with Crippen LogP contribution in [0.2, 0.25) is 0 Å². The summed E-state index contributed by atoms with van der Waals surface area (Å²) in [4.78, 5) is 22.1. The molecule has 30 heavy (non-hydrogen) atoms. The molecule has 0 saturated carbocycles. The van der Waals surface area contributed by atoms with Gasteiger partial charge in [-0.15, -0.1) is 12.4 Å². The fourth-order valence-electron chi connectivity index (χ4n) is 4.31. The van der Waals surface area contributed by atoms with Gasteiger partial charge in [-0.05, 0) is 63.7 Å². The predicted octanol–water partition coefficient (Wildman–Crippen LogP) is 4.30. The van der Waals surface area contributed by atoms with Crippen LogP contribution in [-0.4, -0.2) is 60.0 Å². The van der Waals surface area contributed by atoms with Crippen LogP contribution in [0, 0.1) is 6.92 Å². The van der Waals surface area contributed by atoms with E-state index in [9.17, 15) is 4.79 Å². The second kappa shape index (κ2) is 10.3. The molecule has 0 atom stereocenters. The highest BCUT2D eigenvalue weighted by atomic mass is 35.5. The molecule has 4 rings (SSSR count). The summed E-state index contributed by atoms with van der Waals surface area (Å²) in [5, 5.41) is 0. The molecule has 1 aromatic carbocycles. The molecule has 0 radical (unpaired) electrons. The van der Waals surface area contributed by atoms with Crippen molar-refractivity contribution in [1.82, 2.24) is 14.8 Å². The van der Waals surface area contributed by atoms with Crippen molar-refractivity contribution in [3.63, 3.8) is 0 Å². The van der Waals surface area contributed by atoms with E-state index in [1.54, 1.807) is 0 Å². The molecule has 2 aliphatic rings. The molecule has 1 amide bonds. The quantitative estimate of drug-likeness (QED) is 0.726. The Bertz CT molecular complexity index is 844. The Balaban J connectivity index is 0.00000256. The predicted molar refractivity (Wildman–Crippen MR) is 122 cm³/mol. The number of halogens is 1. The molecule has 0 aliphatic carbocycles. The van der Waals surface area contributed by atoms with Crippen LogP contribution >= 0.6 is 12.4 Å². The largest absolute Gasteiger partial charge is 0.490 e. The van der Waals surface area contributed by atoms with E-state index in [2.05, 4.69) is 31.0 Å². The smallest absolute Gasteiger partial charge is 0.272 e. The van der Waals surface area contributed by atoms with E-state index in [1.165, 1.54) is 0 Å². The SMILES string of the molecule is Cc1ccccc1OC1CCN(C(=O)c2cccc(C3CCN(C)CC3)n2)CC1.Cl. The molecular formula is C24H32ClN3O2. The minimum Gasteiger partial charge on any atom is -0.490 e. The lowest BCUT2D eigenvalue weighted by atomic mass is 9.93. The maximum Gasteiger partial charge on any atom is 0.272 e. The summed E-state index contributed by atoms with van der Waals surface area (Å²) in [5.74, 6) is 1.46. The number of amides is 1. The zero-order valence-corrected chi connectivity index (χ0v) is 18.7. The number of carbonyl (C=O) groups is 1. The van der Waals surface area contributed by atoms with Crippen molar-refractivity contribution in [2.24, 2.45) is 0 Å². The third kappa shape index (κ3) is 5.32. The van der Waals surface area contributed by atoms with Gasteiger partial charge in [0.15, 0.2) is 0 Å². The Morgan fingerprint density at radius 1 is 0.967 bits per heavy atom. The summed E-state index contributed by atoms with van der Waals surface area (Å²) < 4.78 is 6.17. The average Bonchev–Trinajstić information content (AvgIpc) is 2.76. The molecule has 0 spiro atoms. The lowest BCUT2D eigenvalue weighted by Crippen LogP contribution is -2.42. The van der Waals surface area contributed by atoms with Crippen LogP contribution in [0.1, 0.15) is 53.3 Å². The number of ether oxygens (including phenoxy) is 1. The van der Waals surface area contributed by atoms with Gasteiger partial charge in [-0.25, -0.2) is 4.98 Å². The summed E-state index contributed by atoms with van der Waals surface area (Å²) in [5.41, 5.74) is 2.81. The highest BCUT2D eigenvalue weighted by Gasteiger charge is 2.27. The first kappa shape index (κ1) is 22.6. The number of hydrogen-bond donors (Lipinski definition) is 0. The van der Waals surface area contributed by atoms with Crippen molar-refractivity contribution in [2.45, 2.75) is 44.6 Å². The highest BCUT2D eigenvalue weighted by Crippen LogP contribution is 2.27. The van der Waals surface area contributed by atoms with E-state index in [1.807, 2.05) is 35.2 Å². The Hall–Kier alpha value is -2.11. The van der Waals surface area contributed by atoms with E-state index in [-0.39, 0.29) is 24.4 Å². The Kier molecular flexibility index (Phi) is 7.73. The third-order valence-electron chi connectivity index (χ3n) is 6.24. The molecule has 2 saturated heterocycles. The van der Waals surface area contributed by atoms with Gasteiger partial charge in [0.05, 0.1) is 0 Å². The van der Waals surface area contributed by atoms with Crippen LogP contribution < -0.4 is 4.74 Å². The summed E-state index contributed by atoms with van der Waals surface area (Å²) in [6.07, 6.45) is 4.10. The summed E-state index contributed by atoms with van der Waals surface area (Å²) in [6, 6.07) is 14.0. The molecule has 162 valence electrons. The van der Waals surface area contributed by atoms with Gasteiger partial charge >= 0.3 is 0 Å². The lowest BCUT2D eigenvalue weighted by Gasteiger charge is -2.32. The van der Waals surface area contributed by atoms with Crippen molar-refractivity contribution < 1.29 is 9.53 Å². The number of pyridine rings is 1. The average molecular weight is 430 g/mol. The standard InChI is InChI=1S/C24H31N3O2.ClH/c1-18-6-3-4-9-23(18)29-20-12-16-27(17-13-20)24(28)22-8-5-7-21(25-22)19-10-14-26(2)15-11-19;/h3-9,19-20H,10-17H2,1-2H3;1H. The van der Waals surface area contributed by atoms with Crippen molar-refractivity contribution in [3.05, 3.63) is 59.4 Å². The molecule has 2 aliphatic heterocycles. The minimum absolute atomic E-state index is 0. The fourth-order valence-corrected chi connectivity index (χ4v) is 4.31. The Morgan fingerprint density at radius 2 is 1.67 bits per heavy atom. The molecular weight excluding hydrogens is 398 g/mol. The summed E-state index contributed by atoms with van der Waals surface area (Å²) >= 11 is 0. The van der Waals surface area contributed by atoms with E-state index in [4.69, 9.17) is 9.72 Å². The third-order valence-corrected chi connectivity index (χ3v) is 6.24. The zero-order chi connectivity index (χ0) is 20.2. The van der Waals surface area contributed by atoms with Crippen LogP contribution in [0.3, 0.4) is 0 Å². The molecule has 0 N–H and O–H groups in total. The maximum absolute atomic E-state index is 13.0. The van der Waals surface area contributed by atoms with E-state index in [0.29, 0.717) is 11.6 Å². The second-order valence-electron chi connectivity index (χ2n) is 8.40. The normalized spacial score (nSPS) is 18.7. The molecule has 2 aromatic rings. The number of hydrogen-bond acceptors (Lipinski definition) is 4. The zero-order valence-electron chi connectivity index (χ0n) is 17.9. The molecule has 2 fully saturated rings. The van der Waals surface area contributed by atoms with Crippen LogP contribution in [0.25, 0.3) is 0 Å². The number of piperidine rings is 2. The first-order valence-electron chi connectivity index (χ1n) is 10.8. The first-order chi connectivity index (χ1) is 14.1. The first-order valence-corrected chi connectivity index (χ1v) is 10.8. The van der Waals surface area contributed by atoms with Gasteiger partial charge in [0.1, 0.15) is 17.5 Å². The number of nitrogens with zero attached hydrogens (tertiary/aromatic N) is 3. The van der Waals surface area contributed by atoms with E-state index in [0.717, 1.165) is 68.9 Å².